The van der Waals surface area contributed by atoms with Crippen molar-refractivity contribution in [3.05, 3.63) is 34.9 Å². The molecule has 0 radical (unpaired) electrons. The van der Waals surface area contributed by atoms with Crippen molar-refractivity contribution in [1.82, 2.24) is 5.32 Å². The van der Waals surface area contributed by atoms with Gasteiger partial charge in [0.25, 0.3) is 0 Å². The van der Waals surface area contributed by atoms with E-state index in [2.05, 4.69) is 5.32 Å². The van der Waals surface area contributed by atoms with Gasteiger partial charge in [0.2, 0.25) is 0 Å². The summed E-state index contributed by atoms with van der Waals surface area (Å²) in [4.78, 5) is 0. The first-order valence-corrected chi connectivity index (χ1v) is 4.72. The van der Waals surface area contributed by atoms with Gasteiger partial charge >= 0.3 is 6.18 Å². The van der Waals surface area contributed by atoms with Crippen molar-refractivity contribution in [1.29, 1.82) is 0 Å². The molecule has 92 valence electrons. The summed E-state index contributed by atoms with van der Waals surface area (Å²) in [6, 6.07) is 4.19. The van der Waals surface area contributed by atoms with Crippen LogP contribution in [0.25, 0.3) is 0 Å². The molecule has 1 atom stereocenters. The quantitative estimate of drug-likeness (QED) is 0.847. The van der Waals surface area contributed by atoms with Crippen molar-refractivity contribution in [3.8, 4) is 0 Å². The highest BCUT2D eigenvalue weighted by Gasteiger charge is 2.33. The molecule has 0 saturated carbocycles. The van der Waals surface area contributed by atoms with E-state index in [0.29, 0.717) is 11.1 Å². The molecule has 0 heterocycles. The second-order valence-electron chi connectivity index (χ2n) is 3.53. The van der Waals surface area contributed by atoms with Gasteiger partial charge in [0.15, 0.2) is 0 Å². The predicted octanol–water partition coefficient (Wildman–Crippen LogP) is 3.72. The monoisotopic (exact) mass is 253 g/mol. The lowest BCUT2D eigenvalue weighted by Crippen LogP contribution is -2.16. The molecule has 0 bridgehead atoms. The second-order valence-corrected chi connectivity index (χ2v) is 3.53. The fourth-order valence-electron chi connectivity index (χ4n) is 1.59. The minimum atomic E-state index is -4.27. The lowest BCUT2D eigenvalue weighted by Gasteiger charge is -2.18. The van der Waals surface area contributed by atoms with Gasteiger partial charge in [-0.3, -0.25) is 0 Å². The molecule has 0 saturated heterocycles. The van der Waals surface area contributed by atoms with E-state index in [1.54, 1.807) is 13.1 Å². The van der Waals surface area contributed by atoms with Crippen molar-refractivity contribution in [2.24, 2.45) is 0 Å². The van der Waals surface area contributed by atoms with Gasteiger partial charge in [-0.05, 0) is 38.1 Å². The van der Waals surface area contributed by atoms with Crippen LogP contribution in [0.3, 0.4) is 0 Å². The Kier molecular flexibility index (Phi) is 5.29. The van der Waals surface area contributed by atoms with Crippen LogP contribution in [0.15, 0.2) is 18.2 Å². The topological polar surface area (TPSA) is 12.0 Å². The Hall–Kier alpha value is -0.740. The first-order chi connectivity index (χ1) is 6.88. The molecule has 1 aromatic carbocycles. The highest BCUT2D eigenvalue weighted by atomic mass is 35.5. The maximum atomic E-state index is 12.6. The number of nitrogens with one attached hydrogen (secondary N) is 1. The average Bonchev–Trinajstić information content (AvgIpc) is 2.15. The third kappa shape index (κ3) is 3.12. The fraction of sp³-hybridized carbons (Fsp3) is 0.455. The van der Waals surface area contributed by atoms with Crippen LogP contribution in [0.5, 0.6) is 0 Å². The van der Waals surface area contributed by atoms with Gasteiger partial charge in [-0.25, -0.2) is 0 Å². The Morgan fingerprint density at radius 3 is 2.25 bits per heavy atom. The summed E-state index contributed by atoms with van der Waals surface area (Å²) in [7, 11) is 1.73. The number of rotatable bonds is 2. The summed E-state index contributed by atoms with van der Waals surface area (Å²) >= 11 is 0. The zero-order valence-electron chi connectivity index (χ0n) is 9.35. The van der Waals surface area contributed by atoms with E-state index in [4.69, 9.17) is 0 Å². The largest absolute Gasteiger partial charge is 0.416 e. The number of benzene rings is 1. The first-order valence-electron chi connectivity index (χ1n) is 4.72. The third-order valence-corrected chi connectivity index (χ3v) is 2.58. The Morgan fingerprint density at radius 1 is 1.25 bits per heavy atom. The summed E-state index contributed by atoms with van der Waals surface area (Å²) in [5.41, 5.74) is 0.432. The van der Waals surface area contributed by atoms with Crippen LogP contribution >= 0.6 is 12.4 Å². The number of halogens is 4. The highest BCUT2D eigenvalue weighted by Crippen LogP contribution is 2.34. The molecule has 1 rings (SSSR count). The fourth-order valence-corrected chi connectivity index (χ4v) is 1.59. The molecule has 1 nitrogen and oxygen atoms in total. The summed E-state index contributed by atoms with van der Waals surface area (Å²) in [5, 5.41) is 2.93. The molecule has 0 aromatic heterocycles. The van der Waals surface area contributed by atoms with Crippen LogP contribution in [0.4, 0.5) is 13.2 Å². The van der Waals surface area contributed by atoms with Crippen molar-refractivity contribution in [2.45, 2.75) is 26.1 Å². The van der Waals surface area contributed by atoms with Crippen LogP contribution in [-0.4, -0.2) is 7.05 Å². The van der Waals surface area contributed by atoms with Crippen molar-refractivity contribution in [3.63, 3.8) is 0 Å². The number of alkyl halides is 3. The molecular weight excluding hydrogens is 239 g/mol. The molecule has 0 amide bonds. The molecule has 1 aromatic rings. The van der Waals surface area contributed by atoms with Gasteiger partial charge in [-0.15, -0.1) is 12.4 Å². The van der Waals surface area contributed by atoms with Gasteiger partial charge in [0.05, 0.1) is 5.56 Å². The van der Waals surface area contributed by atoms with Crippen LogP contribution in [-0.2, 0) is 6.18 Å². The molecule has 5 heteroatoms. The van der Waals surface area contributed by atoms with E-state index in [-0.39, 0.29) is 18.4 Å². The molecule has 0 spiro atoms. The van der Waals surface area contributed by atoms with Gasteiger partial charge in [-0.2, -0.15) is 13.2 Å². The smallest absolute Gasteiger partial charge is 0.313 e. The Balaban J connectivity index is 0.00000225. The van der Waals surface area contributed by atoms with E-state index >= 15 is 0 Å². The highest BCUT2D eigenvalue weighted by molar-refractivity contribution is 5.85. The summed E-state index contributed by atoms with van der Waals surface area (Å²) in [6.07, 6.45) is -4.27. The number of hydrogen-bond donors (Lipinski definition) is 1. The van der Waals surface area contributed by atoms with Crippen LogP contribution < -0.4 is 5.32 Å². The zero-order valence-corrected chi connectivity index (χ0v) is 10.2. The molecule has 16 heavy (non-hydrogen) atoms. The van der Waals surface area contributed by atoms with Gasteiger partial charge in [-0.1, -0.05) is 12.1 Å². The first kappa shape index (κ1) is 15.3. The van der Waals surface area contributed by atoms with Crippen LogP contribution in [0, 0.1) is 6.92 Å². The minimum absolute atomic E-state index is 0. The van der Waals surface area contributed by atoms with Gasteiger partial charge in [0, 0.05) is 6.04 Å². The Bertz CT molecular complexity index is 350. The molecule has 0 aliphatic rings. The molecule has 1 N–H and O–H groups in total. The molecule has 0 aliphatic heterocycles. The zero-order chi connectivity index (χ0) is 11.6. The average molecular weight is 254 g/mol. The lowest BCUT2D eigenvalue weighted by atomic mass is 9.97. The lowest BCUT2D eigenvalue weighted by molar-refractivity contribution is -0.138. The predicted molar refractivity (Wildman–Crippen MR) is 60.9 cm³/mol. The van der Waals surface area contributed by atoms with Crippen molar-refractivity contribution >= 4 is 12.4 Å². The summed E-state index contributed by atoms with van der Waals surface area (Å²) < 4.78 is 37.7. The minimum Gasteiger partial charge on any atom is -0.313 e. The van der Waals surface area contributed by atoms with Gasteiger partial charge < -0.3 is 5.32 Å². The van der Waals surface area contributed by atoms with Crippen molar-refractivity contribution < 1.29 is 13.2 Å². The molecule has 0 aliphatic carbocycles. The maximum absolute atomic E-state index is 12.6. The Labute approximate surface area is 99.5 Å². The Morgan fingerprint density at radius 2 is 1.81 bits per heavy atom. The maximum Gasteiger partial charge on any atom is 0.416 e. The molecule has 0 unspecified atom stereocenters. The van der Waals surface area contributed by atoms with E-state index in [1.807, 2.05) is 6.92 Å². The second kappa shape index (κ2) is 5.55. The third-order valence-electron chi connectivity index (χ3n) is 2.58. The standard InChI is InChI=1S/C11H14F3N.ClH/c1-7-9(8(2)15-3)5-4-6-10(7)11(12,13)14;/h4-6,8,15H,1-3H3;1H/t8-;/m1./s1. The van der Waals surface area contributed by atoms with Crippen molar-refractivity contribution in [2.75, 3.05) is 7.05 Å². The van der Waals surface area contributed by atoms with Gasteiger partial charge in [0.1, 0.15) is 0 Å². The summed E-state index contributed by atoms with van der Waals surface area (Å²) in [6.45, 7) is 3.34. The van der Waals surface area contributed by atoms with E-state index < -0.39 is 11.7 Å². The summed E-state index contributed by atoms with van der Waals surface area (Å²) in [5.74, 6) is 0. The SMILES string of the molecule is CN[C@H](C)c1cccc(C(F)(F)F)c1C.Cl. The van der Waals surface area contributed by atoms with E-state index in [1.165, 1.54) is 13.0 Å². The number of hydrogen-bond acceptors (Lipinski definition) is 1. The molecular formula is C11H15ClF3N. The van der Waals surface area contributed by atoms with E-state index in [9.17, 15) is 13.2 Å². The molecule has 0 fully saturated rings. The normalized spacial score (nSPS) is 13.1. The van der Waals surface area contributed by atoms with Crippen LogP contribution in [0.1, 0.15) is 29.7 Å². The van der Waals surface area contributed by atoms with Crippen LogP contribution in [0.2, 0.25) is 0 Å². The van der Waals surface area contributed by atoms with E-state index in [0.717, 1.165) is 6.07 Å².